The first-order valence-electron chi connectivity index (χ1n) is 8.34. The van der Waals surface area contributed by atoms with Gasteiger partial charge in [0.25, 0.3) is 0 Å². The molecule has 6 heteroatoms. The Morgan fingerprint density at radius 3 is 1.46 bits per heavy atom. The van der Waals surface area contributed by atoms with Crippen LogP contribution in [0.2, 0.25) is 10.0 Å². The van der Waals surface area contributed by atoms with Gasteiger partial charge < -0.3 is 9.47 Å². The minimum Gasteiger partial charge on any atom is -0.461 e. The van der Waals surface area contributed by atoms with Crippen LogP contribution in [0.4, 0.5) is 0 Å². The van der Waals surface area contributed by atoms with Crippen molar-refractivity contribution in [1.82, 2.24) is 0 Å². The van der Waals surface area contributed by atoms with E-state index in [4.69, 9.17) is 32.7 Å². The van der Waals surface area contributed by atoms with Gasteiger partial charge in [-0.05, 0) is 25.0 Å². The Bertz CT molecular complexity index is 683. The standard InChI is InChI=1S/C20H20Cl2O4/c21-17-9-3-1-7-15(17)13-25-19(23)11-5-6-12-20(24)26-14-16-8-2-4-10-18(16)22/h1-4,7-10H,5-6,11-14H2. The van der Waals surface area contributed by atoms with Crippen molar-refractivity contribution >= 4 is 35.1 Å². The van der Waals surface area contributed by atoms with Gasteiger partial charge in [0.2, 0.25) is 0 Å². The molecule has 0 bridgehead atoms. The van der Waals surface area contributed by atoms with Gasteiger partial charge in [-0.1, -0.05) is 59.6 Å². The largest absolute Gasteiger partial charge is 0.461 e. The first kappa shape index (κ1) is 20.3. The highest BCUT2D eigenvalue weighted by Crippen LogP contribution is 2.17. The number of hydrogen-bond acceptors (Lipinski definition) is 4. The Morgan fingerprint density at radius 1 is 0.692 bits per heavy atom. The molecule has 26 heavy (non-hydrogen) atoms. The van der Waals surface area contributed by atoms with E-state index in [2.05, 4.69) is 0 Å². The van der Waals surface area contributed by atoms with Crippen LogP contribution in [0, 0.1) is 0 Å². The molecule has 0 aliphatic rings. The lowest BCUT2D eigenvalue weighted by Gasteiger charge is -2.07. The lowest BCUT2D eigenvalue weighted by molar-refractivity contribution is -0.147. The molecule has 0 saturated carbocycles. The van der Waals surface area contributed by atoms with E-state index in [1.165, 1.54) is 0 Å². The first-order chi connectivity index (χ1) is 12.6. The fourth-order valence-corrected chi connectivity index (χ4v) is 2.61. The predicted molar refractivity (Wildman–Crippen MR) is 101 cm³/mol. The summed E-state index contributed by atoms with van der Waals surface area (Å²) in [5.74, 6) is -0.622. The normalized spacial score (nSPS) is 10.4. The summed E-state index contributed by atoms with van der Waals surface area (Å²) in [5, 5.41) is 1.14. The summed E-state index contributed by atoms with van der Waals surface area (Å²) in [7, 11) is 0. The fourth-order valence-electron chi connectivity index (χ4n) is 2.23. The molecule has 0 aromatic heterocycles. The summed E-state index contributed by atoms with van der Waals surface area (Å²) in [5.41, 5.74) is 1.54. The molecule has 2 aromatic carbocycles. The Morgan fingerprint density at radius 2 is 1.08 bits per heavy atom. The zero-order valence-corrected chi connectivity index (χ0v) is 15.8. The van der Waals surface area contributed by atoms with Gasteiger partial charge in [0, 0.05) is 34.0 Å². The van der Waals surface area contributed by atoms with Gasteiger partial charge in [-0.2, -0.15) is 0 Å². The summed E-state index contributed by atoms with van der Waals surface area (Å²) in [6.07, 6.45) is 1.62. The molecular formula is C20H20Cl2O4. The number of benzene rings is 2. The molecule has 4 nitrogen and oxygen atoms in total. The Labute approximate surface area is 163 Å². The van der Waals surface area contributed by atoms with Crippen molar-refractivity contribution in [1.29, 1.82) is 0 Å². The molecular weight excluding hydrogens is 375 g/mol. The minimum atomic E-state index is -0.311. The maximum absolute atomic E-state index is 11.7. The Kier molecular flexibility index (Phi) is 8.45. The second kappa shape index (κ2) is 10.8. The maximum Gasteiger partial charge on any atom is 0.306 e. The smallest absolute Gasteiger partial charge is 0.306 e. The Balaban J connectivity index is 1.58. The van der Waals surface area contributed by atoms with Crippen molar-refractivity contribution in [3.8, 4) is 0 Å². The molecule has 0 amide bonds. The third kappa shape index (κ3) is 7.06. The molecule has 0 N–H and O–H groups in total. The zero-order chi connectivity index (χ0) is 18.8. The number of ether oxygens (including phenoxy) is 2. The molecule has 2 rings (SSSR count). The monoisotopic (exact) mass is 394 g/mol. The van der Waals surface area contributed by atoms with E-state index in [-0.39, 0.29) is 38.0 Å². The van der Waals surface area contributed by atoms with Crippen molar-refractivity contribution in [2.75, 3.05) is 0 Å². The third-order valence-corrected chi connectivity index (χ3v) is 4.44. The van der Waals surface area contributed by atoms with Crippen LogP contribution in [0.1, 0.15) is 36.8 Å². The lowest BCUT2D eigenvalue weighted by Crippen LogP contribution is -2.07. The molecule has 0 fully saturated rings. The minimum absolute atomic E-state index is 0.151. The summed E-state index contributed by atoms with van der Waals surface area (Å²) < 4.78 is 10.4. The van der Waals surface area contributed by atoms with Crippen LogP contribution in [0.25, 0.3) is 0 Å². The lowest BCUT2D eigenvalue weighted by atomic mass is 10.2. The summed E-state index contributed by atoms with van der Waals surface area (Å²) in [6.45, 7) is 0.302. The van der Waals surface area contributed by atoms with Crippen LogP contribution in [0.5, 0.6) is 0 Å². The van der Waals surface area contributed by atoms with Gasteiger partial charge in [0.05, 0.1) is 0 Å². The quantitative estimate of drug-likeness (QED) is 0.425. The highest BCUT2D eigenvalue weighted by atomic mass is 35.5. The van der Waals surface area contributed by atoms with Crippen LogP contribution >= 0.6 is 23.2 Å². The molecule has 0 aliphatic heterocycles. The van der Waals surface area contributed by atoms with Crippen LogP contribution in [0.15, 0.2) is 48.5 Å². The van der Waals surface area contributed by atoms with E-state index in [0.717, 1.165) is 11.1 Å². The van der Waals surface area contributed by atoms with Crippen LogP contribution in [0.3, 0.4) is 0 Å². The highest BCUT2D eigenvalue weighted by molar-refractivity contribution is 6.31. The molecule has 0 saturated heterocycles. The summed E-state index contributed by atoms with van der Waals surface area (Å²) >= 11 is 12.0. The van der Waals surface area contributed by atoms with E-state index in [0.29, 0.717) is 22.9 Å². The van der Waals surface area contributed by atoms with Gasteiger partial charge in [0.15, 0.2) is 0 Å². The topological polar surface area (TPSA) is 52.6 Å². The number of carbonyl (C=O) groups excluding carboxylic acids is 2. The van der Waals surface area contributed by atoms with E-state index < -0.39 is 0 Å². The van der Waals surface area contributed by atoms with Gasteiger partial charge >= 0.3 is 11.9 Å². The molecule has 0 heterocycles. The van der Waals surface area contributed by atoms with Crippen molar-refractivity contribution in [2.24, 2.45) is 0 Å². The average molecular weight is 395 g/mol. The molecule has 0 atom stereocenters. The van der Waals surface area contributed by atoms with Crippen LogP contribution < -0.4 is 0 Å². The van der Waals surface area contributed by atoms with Crippen molar-refractivity contribution < 1.29 is 19.1 Å². The van der Waals surface area contributed by atoms with Gasteiger partial charge in [0.1, 0.15) is 13.2 Å². The summed E-state index contributed by atoms with van der Waals surface area (Å²) in [4.78, 5) is 23.4. The first-order valence-corrected chi connectivity index (χ1v) is 9.10. The number of carbonyl (C=O) groups is 2. The SMILES string of the molecule is O=C(CCCCC(=O)OCc1ccccc1Cl)OCc1ccccc1Cl. The number of rotatable bonds is 9. The maximum atomic E-state index is 11.7. The van der Waals surface area contributed by atoms with E-state index in [1.807, 2.05) is 36.4 Å². The van der Waals surface area contributed by atoms with Crippen molar-refractivity contribution in [3.05, 3.63) is 69.7 Å². The molecule has 0 unspecified atom stereocenters. The van der Waals surface area contributed by atoms with Gasteiger partial charge in [-0.3, -0.25) is 9.59 Å². The van der Waals surface area contributed by atoms with Crippen LogP contribution in [-0.2, 0) is 32.3 Å². The Hall–Kier alpha value is -2.04. The van der Waals surface area contributed by atoms with Gasteiger partial charge in [-0.15, -0.1) is 0 Å². The molecule has 138 valence electrons. The molecule has 0 aliphatic carbocycles. The highest BCUT2D eigenvalue weighted by Gasteiger charge is 2.08. The van der Waals surface area contributed by atoms with E-state index in [9.17, 15) is 9.59 Å². The van der Waals surface area contributed by atoms with Gasteiger partial charge in [-0.25, -0.2) is 0 Å². The average Bonchev–Trinajstić information content (AvgIpc) is 2.64. The molecule has 0 radical (unpaired) electrons. The van der Waals surface area contributed by atoms with E-state index >= 15 is 0 Å². The number of unbranched alkanes of at least 4 members (excludes halogenated alkanes) is 1. The fraction of sp³-hybridized carbons (Fsp3) is 0.300. The predicted octanol–water partition coefficient (Wildman–Crippen LogP) is 5.34. The van der Waals surface area contributed by atoms with E-state index in [1.54, 1.807) is 12.1 Å². The van der Waals surface area contributed by atoms with Crippen molar-refractivity contribution in [2.45, 2.75) is 38.9 Å². The van der Waals surface area contributed by atoms with Crippen molar-refractivity contribution in [3.63, 3.8) is 0 Å². The second-order valence-corrected chi connectivity index (χ2v) is 6.53. The second-order valence-electron chi connectivity index (χ2n) is 5.71. The third-order valence-electron chi connectivity index (χ3n) is 3.70. The zero-order valence-electron chi connectivity index (χ0n) is 14.3. The summed E-state index contributed by atoms with van der Waals surface area (Å²) in [6, 6.07) is 14.4. The van der Waals surface area contributed by atoms with Crippen LogP contribution in [-0.4, -0.2) is 11.9 Å². The number of halogens is 2. The number of hydrogen-bond donors (Lipinski definition) is 0. The molecule has 2 aromatic rings. The molecule has 0 spiro atoms. The number of esters is 2.